The van der Waals surface area contributed by atoms with Gasteiger partial charge < -0.3 is 5.32 Å². The minimum Gasteiger partial charge on any atom is -0.354 e. The topological polar surface area (TPSA) is 61.6 Å². The summed E-state index contributed by atoms with van der Waals surface area (Å²) in [6, 6.07) is 8.53. The van der Waals surface area contributed by atoms with E-state index < -0.39 is 11.2 Å². The molecule has 1 atom stereocenters. The Hall–Kier alpha value is -2.14. The van der Waals surface area contributed by atoms with E-state index in [0.717, 1.165) is 5.56 Å². The van der Waals surface area contributed by atoms with Crippen LogP contribution in [0.4, 0.5) is 18.3 Å². The predicted molar refractivity (Wildman–Crippen MR) is 68.1 cm³/mol. The van der Waals surface area contributed by atoms with Crippen molar-refractivity contribution in [3.05, 3.63) is 40.4 Å². The van der Waals surface area contributed by atoms with Crippen molar-refractivity contribution >= 4 is 16.5 Å². The molecule has 0 aliphatic rings. The third-order valence-corrected chi connectivity index (χ3v) is 3.45. The second-order valence-electron chi connectivity index (χ2n) is 4.01. The van der Waals surface area contributed by atoms with E-state index in [1.807, 2.05) is 6.07 Å². The molecule has 1 unspecified atom stereocenters. The molecule has 0 bridgehead atoms. The van der Waals surface area contributed by atoms with Gasteiger partial charge in [-0.05, 0) is 24.6 Å². The number of hydrogen-bond donors (Lipinski definition) is 1. The molecule has 0 amide bonds. The molecule has 1 aromatic carbocycles. The van der Waals surface area contributed by atoms with Crippen LogP contribution in [0.1, 0.15) is 29.1 Å². The van der Waals surface area contributed by atoms with Crippen molar-refractivity contribution in [2.24, 2.45) is 0 Å². The fraction of sp³-hybridized carbons (Fsp3) is 0.250. The first kappa shape index (κ1) is 14.3. The number of nitrogens with zero attached hydrogens (tertiary/aromatic N) is 3. The van der Waals surface area contributed by atoms with Gasteiger partial charge in [0.2, 0.25) is 10.1 Å². The largest absolute Gasteiger partial charge is 0.445 e. The van der Waals surface area contributed by atoms with E-state index in [9.17, 15) is 13.2 Å². The van der Waals surface area contributed by atoms with Crippen molar-refractivity contribution in [2.75, 3.05) is 5.32 Å². The van der Waals surface area contributed by atoms with Crippen molar-refractivity contribution in [1.29, 1.82) is 5.26 Å². The normalized spacial score (nSPS) is 12.8. The highest BCUT2D eigenvalue weighted by Gasteiger charge is 2.35. The summed E-state index contributed by atoms with van der Waals surface area (Å²) >= 11 is 0.460. The molecule has 8 heteroatoms. The molecule has 0 aliphatic carbocycles. The van der Waals surface area contributed by atoms with Crippen molar-refractivity contribution in [1.82, 2.24) is 10.2 Å². The number of nitriles is 1. The monoisotopic (exact) mass is 298 g/mol. The van der Waals surface area contributed by atoms with Gasteiger partial charge in [-0.2, -0.15) is 18.4 Å². The Morgan fingerprint density at radius 3 is 2.40 bits per heavy atom. The molecule has 0 spiro atoms. The summed E-state index contributed by atoms with van der Waals surface area (Å²) in [4.78, 5) is 0. The lowest BCUT2D eigenvalue weighted by molar-refractivity contribution is -0.138. The number of rotatable bonds is 3. The molecule has 0 fully saturated rings. The first-order valence-electron chi connectivity index (χ1n) is 5.57. The lowest BCUT2D eigenvalue weighted by Crippen LogP contribution is -2.06. The standard InChI is InChI=1S/C12H9F3N4S/c1-7(9-4-2-8(6-16)3-5-9)17-11-19-18-10(20-11)12(13,14)15/h2-5,7H,1H3,(H,17,19). The van der Waals surface area contributed by atoms with Crippen molar-refractivity contribution in [2.45, 2.75) is 19.1 Å². The van der Waals surface area contributed by atoms with Crippen LogP contribution in [0.25, 0.3) is 0 Å². The third kappa shape index (κ3) is 3.24. The first-order chi connectivity index (χ1) is 9.40. The number of nitrogens with one attached hydrogen (secondary N) is 1. The molecule has 1 heterocycles. The summed E-state index contributed by atoms with van der Waals surface area (Å²) in [5.74, 6) is 0. The second kappa shape index (κ2) is 5.46. The Labute approximate surface area is 116 Å². The summed E-state index contributed by atoms with van der Waals surface area (Å²) in [7, 11) is 0. The summed E-state index contributed by atoms with van der Waals surface area (Å²) in [5, 5.41) is 17.2. The maximum atomic E-state index is 12.4. The number of alkyl halides is 3. The number of hydrogen-bond acceptors (Lipinski definition) is 5. The summed E-state index contributed by atoms with van der Waals surface area (Å²) in [5.41, 5.74) is 1.36. The summed E-state index contributed by atoms with van der Waals surface area (Å²) in [6.07, 6.45) is -4.48. The van der Waals surface area contributed by atoms with Gasteiger partial charge in [0, 0.05) is 0 Å². The fourth-order valence-electron chi connectivity index (χ4n) is 1.51. The highest BCUT2D eigenvalue weighted by molar-refractivity contribution is 7.15. The van der Waals surface area contributed by atoms with Gasteiger partial charge in [-0.1, -0.05) is 23.5 Å². The molecule has 0 radical (unpaired) electrons. The number of halogens is 3. The maximum absolute atomic E-state index is 12.4. The van der Waals surface area contributed by atoms with Gasteiger partial charge in [0.25, 0.3) is 0 Å². The molecule has 4 nitrogen and oxygen atoms in total. The van der Waals surface area contributed by atoms with Gasteiger partial charge >= 0.3 is 6.18 Å². The van der Waals surface area contributed by atoms with E-state index in [1.54, 1.807) is 31.2 Å². The van der Waals surface area contributed by atoms with Crippen LogP contribution in [0, 0.1) is 11.3 Å². The van der Waals surface area contributed by atoms with Gasteiger partial charge in [0.15, 0.2) is 0 Å². The highest BCUT2D eigenvalue weighted by Crippen LogP contribution is 2.34. The number of anilines is 1. The van der Waals surface area contributed by atoms with Crippen LogP contribution in [0.3, 0.4) is 0 Å². The number of aromatic nitrogens is 2. The zero-order chi connectivity index (χ0) is 14.8. The average molecular weight is 298 g/mol. The second-order valence-corrected chi connectivity index (χ2v) is 4.99. The smallest absolute Gasteiger partial charge is 0.354 e. The Morgan fingerprint density at radius 1 is 1.25 bits per heavy atom. The molecule has 2 aromatic rings. The predicted octanol–water partition coefficient (Wildman–Crippen LogP) is 3.60. The van der Waals surface area contributed by atoms with Gasteiger partial charge in [-0.25, -0.2) is 0 Å². The Bertz CT molecular complexity index is 627. The van der Waals surface area contributed by atoms with Gasteiger partial charge in [-0.15, -0.1) is 10.2 Å². The Kier molecular flexibility index (Phi) is 3.90. The van der Waals surface area contributed by atoms with Crippen LogP contribution in [0.2, 0.25) is 0 Å². The first-order valence-corrected chi connectivity index (χ1v) is 6.39. The van der Waals surface area contributed by atoms with E-state index in [0.29, 0.717) is 16.9 Å². The van der Waals surface area contributed by atoms with E-state index in [4.69, 9.17) is 5.26 Å². The summed E-state index contributed by atoms with van der Waals surface area (Å²) in [6.45, 7) is 1.79. The van der Waals surface area contributed by atoms with Crippen LogP contribution >= 0.6 is 11.3 Å². The van der Waals surface area contributed by atoms with Crippen LogP contribution in [0.5, 0.6) is 0 Å². The van der Waals surface area contributed by atoms with Crippen LogP contribution in [0.15, 0.2) is 24.3 Å². The molecule has 104 valence electrons. The van der Waals surface area contributed by atoms with Gasteiger partial charge in [0.1, 0.15) is 0 Å². The molecular weight excluding hydrogens is 289 g/mol. The maximum Gasteiger partial charge on any atom is 0.445 e. The average Bonchev–Trinajstić information content (AvgIpc) is 2.87. The highest BCUT2D eigenvalue weighted by atomic mass is 32.1. The Morgan fingerprint density at radius 2 is 1.90 bits per heavy atom. The minimum absolute atomic E-state index is 0.106. The van der Waals surface area contributed by atoms with Crippen LogP contribution in [-0.2, 0) is 6.18 Å². The van der Waals surface area contributed by atoms with Crippen LogP contribution in [-0.4, -0.2) is 10.2 Å². The number of benzene rings is 1. The lowest BCUT2D eigenvalue weighted by atomic mass is 10.1. The van der Waals surface area contributed by atoms with Gasteiger partial charge in [0.05, 0.1) is 17.7 Å². The SMILES string of the molecule is CC(Nc1nnc(C(F)(F)F)s1)c1ccc(C#N)cc1. The Balaban J connectivity index is 2.09. The van der Waals surface area contributed by atoms with Crippen molar-refractivity contribution < 1.29 is 13.2 Å². The molecule has 2 rings (SSSR count). The third-order valence-electron chi connectivity index (χ3n) is 2.55. The molecular formula is C12H9F3N4S. The summed E-state index contributed by atoms with van der Waals surface area (Å²) < 4.78 is 37.2. The fourth-order valence-corrected chi connectivity index (χ4v) is 2.21. The van der Waals surface area contributed by atoms with E-state index >= 15 is 0 Å². The molecule has 1 aromatic heterocycles. The molecule has 20 heavy (non-hydrogen) atoms. The molecule has 1 N–H and O–H groups in total. The molecule has 0 saturated carbocycles. The van der Waals surface area contributed by atoms with E-state index in [2.05, 4.69) is 15.5 Å². The van der Waals surface area contributed by atoms with E-state index in [1.165, 1.54) is 0 Å². The zero-order valence-electron chi connectivity index (χ0n) is 10.3. The van der Waals surface area contributed by atoms with Crippen LogP contribution < -0.4 is 5.32 Å². The lowest BCUT2D eigenvalue weighted by Gasteiger charge is -2.12. The zero-order valence-corrected chi connectivity index (χ0v) is 11.1. The van der Waals surface area contributed by atoms with Crippen molar-refractivity contribution in [3.63, 3.8) is 0 Å². The van der Waals surface area contributed by atoms with Gasteiger partial charge in [-0.3, -0.25) is 0 Å². The quantitative estimate of drug-likeness (QED) is 0.940. The van der Waals surface area contributed by atoms with E-state index in [-0.39, 0.29) is 11.2 Å². The van der Waals surface area contributed by atoms with Crippen molar-refractivity contribution in [3.8, 4) is 6.07 Å². The molecule has 0 aliphatic heterocycles. The minimum atomic E-state index is -4.48. The molecule has 0 saturated heterocycles.